The van der Waals surface area contributed by atoms with Crippen LogP contribution in [0.2, 0.25) is 0 Å². The van der Waals surface area contributed by atoms with Gasteiger partial charge in [0.2, 0.25) is 0 Å². The highest BCUT2D eigenvalue weighted by atomic mass is 127. The number of hydrogen-bond donors (Lipinski definition) is 1. The highest BCUT2D eigenvalue weighted by molar-refractivity contribution is 14.1. The van der Waals surface area contributed by atoms with Crippen molar-refractivity contribution in [3.63, 3.8) is 0 Å². The molecule has 0 amide bonds. The number of ether oxygens (including phenoxy) is 1. The number of fused-ring (bicyclic) bond motifs is 1. The highest BCUT2D eigenvalue weighted by Crippen LogP contribution is 2.56. The first-order chi connectivity index (χ1) is 11.4. The Morgan fingerprint density at radius 1 is 1.33 bits per heavy atom. The molecule has 4 heteroatoms. The Morgan fingerprint density at radius 3 is 2.62 bits per heavy atom. The number of aldehydes is 1. The zero-order valence-corrected chi connectivity index (χ0v) is 17.3. The van der Waals surface area contributed by atoms with Crippen molar-refractivity contribution in [3.8, 4) is 0 Å². The van der Waals surface area contributed by atoms with Gasteiger partial charge in [-0.05, 0) is 63.9 Å². The fraction of sp³-hybridized carbons (Fsp3) is 0.650. The summed E-state index contributed by atoms with van der Waals surface area (Å²) in [6.45, 7) is 8.46. The van der Waals surface area contributed by atoms with E-state index in [-0.39, 0.29) is 12.0 Å². The molecule has 134 valence electrons. The average Bonchev–Trinajstić information content (AvgIpc) is 3.05. The van der Waals surface area contributed by atoms with Crippen LogP contribution < -0.4 is 0 Å². The van der Waals surface area contributed by atoms with Crippen molar-refractivity contribution in [1.82, 2.24) is 0 Å². The number of halogens is 1. The van der Waals surface area contributed by atoms with E-state index in [0.29, 0.717) is 6.42 Å². The van der Waals surface area contributed by atoms with Crippen molar-refractivity contribution in [2.75, 3.05) is 0 Å². The van der Waals surface area contributed by atoms with Crippen LogP contribution in [0.4, 0.5) is 0 Å². The van der Waals surface area contributed by atoms with E-state index in [2.05, 4.69) is 60.4 Å². The Kier molecular flexibility index (Phi) is 6.85. The van der Waals surface area contributed by atoms with Gasteiger partial charge in [0.1, 0.15) is 6.29 Å². The molecule has 24 heavy (non-hydrogen) atoms. The predicted octanol–water partition coefficient (Wildman–Crippen LogP) is 5.09. The molecule has 0 bridgehead atoms. The summed E-state index contributed by atoms with van der Waals surface area (Å²) in [6, 6.07) is 0. The highest BCUT2D eigenvalue weighted by Gasteiger charge is 2.60. The van der Waals surface area contributed by atoms with Crippen molar-refractivity contribution in [1.29, 1.82) is 0 Å². The number of carbonyl (C=O) groups is 1. The van der Waals surface area contributed by atoms with Crippen molar-refractivity contribution in [2.24, 2.45) is 11.3 Å². The van der Waals surface area contributed by atoms with Gasteiger partial charge in [-0.25, -0.2) is 0 Å². The van der Waals surface area contributed by atoms with E-state index in [1.165, 1.54) is 22.3 Å². The average molecular weight is 444 g/mol. The largest absolute Gasteiger partial charge is 0.367 e. The summed E-state index contributed by atoms with van der Waals surface area (Å²) in [7, 11) is 0. The fourth-order valence-electron chi connectivity index (χ4n) is 4.12. The molecule has 1 unspecified atom stereocenters. The Hall–Kier alpha value is -0.460. The maximum atomic E-state index is 11.8. The van der Waals surface area contributed by atoms with Gasteiger partial charge in [-0.2, -0.15) is 0 Å². The molecule has 0 radical (unpaired) electrons. The van der Waals surface area contributed by atoms with Crippen LogP contribution in [0.3, 0.4) is 0 Å². The van der Waals surface area contributed by atoms with Crippen LogP contribution in [-0.2, 0) is 9.53 Å². The Balaban J connectivity index is 2.14. The van der Waals surface area contributed by atoms with Crippen LogP contribution in [0, 0.1) is 11.3 Å². The molecule has 1 saturated heterocycles. The Labute approximate surface area is 159 Å². The number of aliphatic hydroxyl groups excluding tert-OH is 1. The molecule has 3 nitrogen and oxygen atoms in total. The number of rotatable bonds is 6. The zero-order chi connectivity index (χ0) is 17.9. The van der Waals surface area contributed by atoms with Gasteiger partial charge < -0.3 is 14.6 Å². The Bertz CT molecular complexity index is 571. The zero-order valence-electron chi connectivity index (χ0n) is 15.1. The first kappa shape index (κ1) is 19.9. The number of carbonyl (C=O) groups excluding carboxylic acids is 1. The number of hydrogen-bond acceptors (Lipinski definition) is 3. The molecular weight excluding hydrogens is 415 g/mol. The molecule has 2 fully saturated rings. The Morgan fingerprint density at radius 2 is 2.04 bits per heavy atom. The van der Waals surface area contributed by atoms with E-state index in [9.17, 15) is 9.90 Å². The van der Waals surface area contributed by atoms with E-state index >= 15 is 0 Å². The fourth-order valence-corrected chi connectivity index (χ4v) is 4.44. The first-order valence-electron chi connectivity index (χ1n) is 8.73. The van der Waals surface area contributed by atoms with Crippen molar-refractivity contribution < 1.29 is 14.6 Å². The third-order valence-corrected chi connectivity index (χ3v) is 6.58. The minimum Gasteiger partial charge on any atom is -0.367 e. The van der Waals surface area contributed by atoms with E-state index in [1.54, 1.807) is 0 Å². The minimum absolute atomic E-state index is 0.0225. The van der Waals surface area contributed by atoms with Crippen LogP contribution in [0.25, 0.3) is 0 Å². The number of aliphatic hydroxyl groups is 1. The van der Waals surface area contributed by atoms with E-state index in [1.807, 2.05) is 0 Å². The smallest absolute Gasteiger partial charge is 0.167 e. The van der Waals surface area contributed by atoms with E-state index in [0.717, 1.165) is 32.0 Å². The van der Waals surface area contributed by atoms with Gasteiger partial charge in [0, 0.05) is 5.92 Å². The second kappa shape index (κ2) is 8.28. The van der Waals surface area contributed by atoms with Crippen LogP contribution in [-0.4, -0.2) is 23.8 Å². The maximum absolute atomic E-state index is 11.8. The van der Waals surface area contributed by atoms with Crippen LogP contribution in [0.15, 0.2) is 32.5 Å². The van der Waals surface area contributed by atoms with Crippen molar-refractivity contribution >= 4 is 28.9 Å². The molecule has 4 atom stereocenters. The normalized spacial score (nSPS) is 33.8. The predicted molar refractivity (Wildman–Crippen MR) is 106 cm³/mol. The standard InChI is InChI=1S/C20H29IO3/c1-13(2)16-8-9-20(12-22)18(16)17(24-19(20)23)10-14(3)6-5-7-15(4)11-21/h6,11-12,17-19,23H,5,7-10H2,1-4H3/b14-6+,15-11+/t17-,18-,19?,20+/m0/s1. The second-order valence-corrected chi connectivity index (χ2v) is 8.13. The van der Waals surface area contributed by atoms with Gasteiger partial charge in [0.25, 0.3) is 0 Å². The lowest BCUT2D eigenvalue weighted by molar-refractivity contribution is -0.148. The summed E-state index contributed by atoms with van der Waals surface area (Å²) in [5.74, 6) is 0.0225. The van der Waals surface area contributed by atoms with Crippen LogP contribution >= 0.6 is 22.6 Å². The molecule has 1 aliphatic carbocycles. The molecule has 0 aromatic rings. The molecule has 1 aliphatic heterocycles. The van der Waals surface area contributed by atoms with Gasteiger partial charge >= 0.3 is 0 Å². The van der Waals surface area contributed by atoms with Crippen molar-refractivity contribution in [3.05, 3.63) is 32.5 Å². The summed E-state index contributed by atoms with van der Waals surface area (Å²) >= 11 is 2.27. The van der Waals surface area contributed by atoms with E-state index < -0.39 is 11.7 Å². The van der Waals surface area contributed by atoms with Crippen LogP contribution in [0.1, 0.15) is 59.8 Å². The summed E-state index contributed by atoms with van der Waals surface area (Å²) in [6.07, 6.45) is 6.59. The van der Waals surface area contributed by atoms with Gasteiger partial charge in [-0.3, -0.25) is 0 Å². The SMILES string of the molecule is CC(C)=C1CC[C@]2(C=O)C(O)O[C@@H](C/C(C)=C/CC/C(C)=C/I)[C@H]12. The lowest BCUT2D eigenvalue weighted by atomic mass is 9.75. The molecule has 0 aromatic heterocycles. The topological polar surface area (TPSA) is 46.5 Å². The monoisotopic (exact) mass is 444 g/mol. The van der Waals surface area contributed by atoms with Gasteiger partial charge in [0.05, 0.1) is 11.5 Å². The molecule has 1 heterocycles. The minimum atomic E-state index is -0.973. The summed E-state index contributed by atoms with van der Waals surface area (Å²) in [4.78, 5) is 11.8. The first-order valence-corrected chi connectivity index (χ1v) is 9.98. The molecule has 2 rings (SSSR count). The van der Waals surface area contributed by atoms with Crippen molar-refractivity contribution in [2.45, 2.75) is 72.2 Å². The molecule has 1 N–H and O–H groups in total. The summed E-state index contributed by atoms with van der Waals surface area (Å²) < 4.78 is 7.98. The maximum Gasteiger partial charge on any atom is 0.167 e. The van der Waals surface area contributed by atoms with Gasteiger partial charge in [-0.1, -0.05) is 51.0 Å². The van der Waals surface area contributed by atoms with Gasteiger partial charge in [0.15, 0.2) is 6.29 Å². The quantitative estimate of drug-likeness (QED) is 0.353. The molecule has 0 spiro atoms. The van der Waals surface area contributed by atoms with Gasteiger partial charge in [-0.15, -0.1) is 0 Å². The summed E-state index contributed by atoms with van der Waals surface area (Å²) in [5.41, 5.74) is 4.49. The lowest BCUT2D eigenvalue weighted by Crippen LogP contribution is -2.35. The molecule has 0 aromatic carbocycles. The van der Waals surface area contributed by atoms with Crippen LogP contribution in [0.5, 0.6) is 0 Å². The third-order valence-electron chi connectivity index (χ3n) is 5.52. The third kappa shape index (κ3) is 3.86. The lowest BCUT2D eigenvalue weighted by Gasteiger charge is -2.25. The summed E-state index contributed by atoms with van der Waals surface area (Å²) in [5, 5.41) is 10.4. The number of allylic oxidation sites excluding steroid dienone is 3. The molecule has 2 aliphatic rings. The van der Waals surface area contributed by atoms with E-state index in [4.69, 9.17) is 4.74 Å². The second-order valence-electron chi connectivity index (χ2n) is 7.51. The molecular formula is C20H29IO3. The molecule has 1 saturated carbocycles.